The van der Waals surface area contributed by atoms with Gasteiger partial charge < -0.3 is 10.6 Å². The number of nitrogen functional groups attached to an aromatic ring is 1. The molecule has 0 aromatic heterocycles. The van der Waals surface area contributed by atoms with Gasteiger partial charge in [-0.2, -0.15) is 0 Å². The van der Waals surface area contributed by atoms with Gasteiger partial charge in [0, 0.05) is 17.7 Å². The van der Waals surface area contributed by atoms with E-state index in [-0.39, 0.29) is 29.7 Å². The van der Waals surface area contributed by atoms with Crippen molar-refractivity contribution < 1.29 is 18.8 Å². The number of nitrogens with one attached hydrogen (secondary N) is 1. The maximum atomic E-state index is 14.1. The number of rotatable bonds is 1. The van der Waals surface area contributed by atoms with Crippen molar-refractivity contribution in [2.24, 2.45) is 0 Å². The minimum absolute atomic E-state index is 0.00588. The van der Waals surface area contributed by atoms with Crippen LogP contribution in [0.15, 0.2) is 0 Å². The lowest BCUT2D eigenvalue weighted by atomic mass is 9.56. The summed E-state index contributed by atoms with van der Waals surface area (Å²) in [6, 6.07) is -1.12. The Balaban J connectivity index is 2.18. The van der Waals surface area contributed by atoms with Crippen LogP contribution in [0.1, 0.15) is 28.8 Å². The summed E-state index contributed by atoms with van der Waals surface area (Å²) >= 11 is 0. The zero-order chi connectivity index (χ0) is 18.0. The van der Waals surface area contributed by atoms with Crippen molar-refractivity contribution in [2.45, 2.75) is 24.2 Å². The van der Waals surface area contributed by atoms with E-state index >= 15 is 0 Å². The van der Waals surface area contributed by atoms with Gasteiger partial charge in [-0.1, -0.05) is 0 Å². The molecule has 3 rings (SSSR count). The van der Waals surface area contributed by atoms with Crippen molar-refractivity contribution in [3.63, 3.8) is 0 Å². The highest BCUT2D eigenvalue weighted by molar-refractivity contribution is 6.49. The Bertz CT molecular complexity index is 814. The quantitative estimate of drug-likeness (QED) is 0.323. The maximum absolute atomic E-state index is 14.1. The fourth-order valence-electron chi connectivity index (χ4n) is 3.15. The standard InChI is InChI=1S/C13H8B4FN3O3/c14-7-5-6(10(19)8(15)9(7)18)13(16,17)21(12(5)24)3-1-2-4(22)20-11(3)23/h3H,1-2,19H2,(H,20,22,23). The Morgan fingerprint density at radius 1 is 1.21 bits per heavy atom. The molecule has 6 nitrogen and oxygen atoms in total. The highest BCUT2D eigenvalue weighted by Crippen LogP contribution is 2.39. The lowest BCUT2D eigenvalue weighted by molar-refractivity contribution is -0.137. The monoisotopic (exact) mass is 317 g/mol. The molecule has 2 heterocycles. The number of hydrogen-bond donors (Lipinski definition) is 2. The Hall–Kier alpha value is -2.18. The third-order valence-electron chi connectivity index (χ3n) is 4.31. The molecule has 2 aliphatic heterocycles. The molecule has 112 valence electrons. The van der Waals surface area contributed by atoms with Crippen LogP contribution in [0.5, 0.6) is 0 Å². The number of fused-ring (bicyclic) bond motifs is 1. The lowest BCUT2D eigenvalue weighted by Gasteiger charge is -2.40. The molecule has 0 bridgehead atoms. The molecule has 1 atom stereocenters. The summed E-state index contributed by atoms with van der Waals surface area (Å²) in [4.78, 5) is 37.0. The van der Waals surface area contributed by atoms with Crippen LogP contribution in [0, 0.1) is 5.82 Å². The van der Waals surface area contributed by atoms with Crippen molar-refractivity contribution in [2.75, 3.05) is 5.73 Å². The van der Waals surface area contributed by atoms with Gasteiger partial charge in [-0.25, -0.2) is 4.39 Å². The van der Waals surface area contributed by atoms with E-state index in [4.69, 9.17) is 37.1 Å². The summed E-state index contributed by atoms with van der Waals surface area (Å²) in [6.07, 6.45) is 0.00634. The van der Waals surface area contributed by atoms with Crippen molar-refractivity contribution in [3.05, 3.63) is 16.9 Å². The Morgan fingerprint density at radius 3 is 2.42 bits per heavy atom. The van der Waals surface area contributed by atoms with Gasteiger partial charge in [-0.3, -0.25) is 19.7 Å². The van der Waals surface area contributed by atoms with Gasteiger partial charge in [0.05, 0.1) is 15.7 Å². The predicted molar refractivity (Wildman–Crippen MR) is 87.1 cm³/mol. The zero-order valence-corrected chi connectivity index (χ0v) is 12.4. The molecule has 24 heavy (non-hydrogen) atoms. The third kappa shape index (κ3) is 2.03. The van der Waals surface area contributed by atoms with Crippen LogP contribution in [0.2, 0.25) is 0 Å². The van der Waals surface area contributed by atoms with Crippen LogP contribution in [0.4, 0.5) is 10.1 Å². The molecular weight excluding hydrogens is 308 g/mol. The number of carbonyl (C=O) groups excluding carboxylic acids is 3. The fourth-order valence-corrected chi connectivity index (χ4v) is 3.15. The summed E-state index contributed by atoms with van der Waals surface area (Å²) in [5.41, 5.74) is 3.96. The topological polar surface area (TPSA) is 92.5 Å². The van der Waals surface area contributed by atoms with Crippen LogP contribution in [0.3, 0.4) is 0 Å². The number of benzene rings is 1. The largest absolute Gasteiger partial charge is 0.399 e. The minimum Gasteiger partial charge on any atom is -0.399 e. The summed E-state index contributed by atoms with van der Waals surface area (Å²) in [6.45, 7) is 0. The molecule has 2 aliphatic rings. The van der Waals surface area contributed by atoms with Crippen molar-refractivity contribution >= 4 is 65.7 Å². The van der Waals surface area contributed by atoms with Crippen molar-refractivity contribution in [1.29, 1.82) is 0 Å². The van der Waals surface area contributed by atoms with Crippen LogP contribution in [-0.2, 0) is 14.9 Å². The summed E-state index contributed by atoms with van der Waals surface area (Å²) in [5.74, 6) is -3.12. The zero-order valence-electron chi connectivity index (χ0n) is 12.4. The molecule has 0 aliphatic carbocycles. The lowest BCUT2D eigenvalue weighted by Crippen LogP contribution is -2.59. The van der Waals surface area contributed by atoms with Gasteiger partial charge in [-0.05, 0) is 28.2 Å². The van der Waals surface area contributed by atoms with E-state index in [1.807, 2.05) is 0 Å². The van der Waals surface area contributed by atoms with Crippen LogP contribution < -0.4 is 22.0 Å². The maximum Gasteiger partial charge on any atom is 0.253 e. The van der Waals surface area contributed by atoms with E-state index in [1.165, 1.54) is 0 Å². The first kappa shape index (κ1) is 16.7. The third-order valence-corrected chi connectivity index (χ3v) is 4.31. The first-order valence-electron chi connectivity index (χ1n) is 7.00. The second-order valence-corrected chi connectivity index (χ2v) is 5.77. The second kappa shape index (κ2) is 5.16. The van der Waals surface area contributed by atoms with Crippen LogP contribution in [-0.4, -0.2) is 60.0 Å². The SMILES string of the molecule is [B]c1c(N)c2c(c([B])c1F)C(=O)N(C1CCC(=O)NC1=O)C2([B])[B]. The number of hydrogen-bond acceptors (Lipinski definition) is 4. The van der Waals surface area contributed by atoms with E-state index in [9.17, 15) is 18.8 Å². The molecule has 3 N–H and O–H groups in total. The van der Waals surface area contributed by atoms with Gasteiger partial charge >= 0.3 is 0 Å². The van der Waals surface area contributed by atoms with Crippen LogP contribution >= 0.6 is 0 Å². The molecule has 1 unspecified atom stereocenters. The number of anilines is 1. The number of amides is 3. The molecule has 0 saturated carbocycles. The van der Waals surface area contributed by atoms with E-state index in [2.05, 4.69) is 5.32 Å². The summed E-state index contributed by atoms with van der Waals surface area (Å²) in [7, 11) is 23.3. The molecule has 1 aromatic rings. The number of nitrogens with two attached hydrogens (primary N) is 1. The van der Waals surface area contributed by atoms with E-state index in [1.54, 1.807) is 0 Å². The molecule has 1 saturated heterocycles. The minimum atomic E-state index is -2.03. The number of nitrogens with zero attached hydrogens (tertiary/aromatic N) is 1. The smallest absolute Gasteiger partial charge is 0.253 e. The summed E-state index contributed by atoms with van der Waals surface area (Å²) < 4.78 is 14.1. The van der Waals surface area contributed by atoms with Crippen molar-refractivity contribution in [3.8, 4) is 0 Å². The van der Waals surface area contributed by atoms with E-state index in [0.717, 1.165) is 4.90 Å². The molecule has 1 fully saturated rings. The van der Waals surface area contributed by atoms with Crippen molar-refractivity contribution in [1.82, 2.24) is 10.2 Å². The normalized spacial score (nSPS) is 22.5. The van der Waals surface area contributed by atoms with Gasteiger partial charge in [-0.15, -0.1) is 0 Å². The average Bonchev–Trinajstić information content (AvgIpc) is 2.70. The van der Waals surface area contributed by atoms with Gasteiger partial charge in [0.15, 0.2) is 0 Å². The molecule has 0 spiro atoms. The predicted octanol–water partition coefficient (Wildman–Crippen LogP) is -3.30. The molecular formula is C13H8B4FN3O3. The second-order valence-electron chi connectivity index (χ2n) is 5.77. The number of halogens is 1. The first-order chi connectivity index (χ1) is 11.1. The number of carbonyl (C=O) groups is 3. The van der Waals surface area contributed by atoms with Gasteiger partial charge in [0.2, 0.25) is 11.8 Å². The van der Waals surface area contributed by atoms with Crippen LogP contribution in [0.25, 0.3) is 0 Å². The molecule has 3 amide bonds. The van der Waals surface area contributed by atoms with E-state index in [0.29, 0.717) is 0 Å². The van der Waals surface area contributed by atoms with E-state index < -0.39 is 45.8 Å². The first-order valence-corrected chi connectivity index (χ1v) is 7.00. The highest BCUT2D eigenvalue weighted by Gasteiger charge is 2.50. The number of imide groups is 1. The average molecular weight is 316 g/mol. The fraction of sp³-hybridized carbons (Fsp3) is 0.308. The molecule has 1 aromatic carbocycles. The highest BCUT2D eigenvalue weighted by atomic mass is 19.1. The molecule has 8 radical (unpaired) electrons. The summed E-state index contributed by atoms with van der Waals surface area (Å²) in [5, 5.41) is 0.0663. The van der Waals surface area contributed by atoms with Gasteiger partial charge in [0.1, 0.15) is 27.6 Å². The Labute approximate surface area is 142 Å². The van der Waals surface area contributed by atoms with Gasteiger partial charge in [0.25, 0.3) is 5.91 Å². The number of piperidine rings is 1. The Kier molecular flexibility index (Phi) is 3.58. The molecule has 11 heteroatoms. The Morgan fingerprint density at radius 2 is 1.83 bits per heavy atom.